The van der Waals surface area contributed by atoms with Gasteiger partial charge in [-0.1, -0.05) is 204 Å². The first kappa shape index (κ1) is 39.6. The second-order valence-electron chi connectivity index (χ2n) is 17.8. The van der Waals surface area contributed by atoms with Crippen LogP contribution in [0.3, 0.4) is 0 Å². The molecule has 0 spiro atoms. The van der Waals surface area contributed by atoms with Gasteiger partial charge >= 0.3 is 0 Å². The Morgan fingerprint density at radius 2 is 0.864 bits per heavy atom. The number of H-pyrrole nitrogens is 1. The Balaban J connectivity index is 0.000000165. The van der Waals surface area contributed by atoms with E-state index in [-0.39, 0.29) is 11.8 Å². The summed E-state index contributed by atoms with van der Waals surface area (Å²) < 4.78 is 0. The minimum atomic E-state index is 0.186. The van der Waals surface area contributed by atoms with Crippen LogP contribution in [0.25, 0.3) is 108 Å². The molecule has 0 aliphatic carbocycles. The van der Waals surface area contributed by atoms with Crippen molar-refractivity contribution >= 4 is 108 Å². The van der Waals surface area contributed by atoms with Crippen LogP contribution in [-0.2, 0) is 0 Å². The van der Waals surface area contributed by atoms with Gasteiger partial charge in [0.1, 0.15) is 5.75 Å². The molecule has 0 aliphatic heterocycles. The predicted octanol–water partition coefficient (Wildman–Crippen LogP) is 18.1. The maximum Gasteiger partial charge on any atom is 0.115 e. The van der Waals surface area contributed by atoms with Gasteiger partial charge in [-0.3, -0.25) is 0 Å². The van der Waals surface area contributed by atoms with Gasteiger partial charge in [0, 0.05) is 33.5 Å². The van der Waals surface area contributed by atoms with E-state index in [0.29, 0.717) is 5.75 Å². The highest BCUT2D eigenvalue weighted by atomic mass is 16.3. The number of para-hydroxylation sites is 1. The number of aromatic nitrogens is 1. The lowest BCUT2D eigenvalue weighted by molar-refractivity contribution is 0.475. The van der Waals surface area contributed by atoms with Crippen molar-refractivity contribution in [2.24, 2.45) is 0 Å². The van der Waals surface area contributed by atoms with Crippen LogP contribution in [0.1, 0.15) is 61.8 Å². The fourth-order valence-electron chi connectivity index (χ4n) is 11.3. The standard InChI is InChI=1S/C42H30O.C20H13N.C2H6/c1-24(26-12-16-32(43)17-13-26)38-23-31-8-5-9-34-36-21-20-33(25(2)29-11-10-27-6-3-4-7-30(27)22-29)35-18-14-28-15-19-37(38)42(39(31)34)40(28)41(35)36;1-3-9-15-13(7-1)14-8-2-4-10-16(14)20-19(15)17-11-5-6-12-18(17)21-20;1-2/h3-25,43H,1-2H3;1-12,21H;1-2H3. The Hall–Kier alpha value is -7.94. The highest BCUT2D eigenvalue weighted by Crippen LogP contribution is 2.49. The number of aromatic amines is 1. The van der Waals surface area contributed by atoms with E-state index in [0.717, 1.165) is 0 Å². The summed E-state index contributed by atoms with van der Waals surface area (Å²) in [6, 6.07) is 72.4. The molecule has 0 fully saturated rings. The van der Waals surface area contributed by atoms with Crippen molar-refractivity contribution in [2.45, 2.75) is 39.5 Å². The third kappa shape index (κ3) is 6.02. The SMILES string of the molecule is CC.CC(c1ccc2ccccc2c1)c1ccc2c3cccc4cc(C(C)c5ccc(O)cc5)c5ccc6ccc1c2c6c5c43.c1ccc2c(c1)[nH]c1c3ccccc3c3ccccc3c21. The van der Waals surface area contributed by atoms with Gasteiger partial charge in [-0.15, -0.1) is 0 Å². The van der Waals surface area contributed by atoms with E-state index in [2.05, 4.69) is 195 Å². The van der Waals surface area contributed by atoms with Gasteiger partial charge in [0.15, 0.2) is 0 Å². The lowest BCUT2D eigenvalue weighted by Gasteiger charge is -2.24. The Labute approximate surface area is 384 Å². The average molecular weight is 848 g/mol. The molecule has 316 valence electrons. The van der Waals surface area contributed by atoms with Gasteiger partial charge in [0.2, 0.25) is 0 Å². The number of benzene rings is 13. The molecule has 2 N–H and O–H groups in total. The highest BCUT2D eigenvalue weighted by molar-refractivity contribution is 6.40. The van der Waals surface area contributed by atoms with E-state index >= 15 is 0 Å². The molecule has 0 amide bonds. The van der Waals surface area contributed by atoms with Gasteiger partial charge in [-0.25, -0.2) is 0 Å². The highest BCUT2D eigenvalue weighted by Gasteiger charge is 2.23. The molecular weight excluding hydrogens is 799 g/mol. The summed E-state index contributed by atoms with van der Waals surface area (Å²) in [7, 11) is 0. The molecule has 2 unspecified atom stereocenters. The maximum absolute atomic E-state index is 9.93. The molecule has 2 nitrogen and oxygen atoms in total. The lowest BCUT2D eigenvalue weighted by Crippen LogP contribution is -2.01. The van der Waals surface area contributed by atoms with E-state index in [4.69, 9.17) is 0 Å². The number of rotatable bonds is 4. The molecule has 0 saturated heterocycles. The lowest BCUT2D eigenvalue weighted by atomic mass is 9.79. The predicted molar refractivity (Wildman–Crippen MR) is 286 cm³/mol. The summed E-state index contributed by atoms with van der Waals surface area (Å²) in [4.78, 5) is 3.61. The summed E-state index contributed by atoms with van der Waals surface area (Å²) in [6.07, 6.45) is 0. The van der Waals surface area contributed by atoms with E-state index in [1.165, 1.54) is 130 Å². The largest absolute Gasteiger partial charge is 0.508 e. The monoisotopic (exact) mass is 847 g/mol. The van der Waals surface area contributed by atoms with Crippen molar-refractivity contribution in [2.75, 3.05) is 0 Å². The van der Waals surface area contributed by atoms with Crippen LogP contribution in [0, 0.1) is 0 Å². The van der Waals surface area contributed by atoms with E-state index in [9.17, 15) is 5.11 Å². The number of phenols is 1. The quantitative estimate of drug-likeness (QED) is 0.134. The summed E-state index contributed by atoms with van der Waals surface area (Å²) in [6.45, 7) is 8.63. The Bertz CT molecular complexity index is 4120. The summed E-state index contributed by atoms with van der Waals surface area (Å²) in [5.41, 5.74) is 7.69. The molecule has 0 radical (unpaired) electrons. The summed E-state index contributed by atoms with van der Waals surface area (Å²) in [5, 5.41) is 33.8. The topological polar surface area (TPSA) is 36.0 Å². The normalized spacial score (nSPS) is 12.8. The van der Waals surface area contributed by atoms with Crippen molar-refractivity contribution < 1.29 is 5.11 Å². The number of nitrogens with one attached hydrogen (secondary N) is 1. The van der Waals surface area contributed by atoms with Crippen LogP contribution in [0.2, 0.25) is 0 Å². The molecule has 0 aliphatic rings. The molecule has 1 heterocycles. The molecule has 2 atom stereocenters. The Kier molecular flexibility index (Phi) is 9.40. The molecule has 0 saturated carbocycles. The molecule has 0 bridgehead atoms. The van der Waals surface area contributed by atoms with Crippen LogP contribution in [0.4, 0.5) is 0 Å². The molecular formula is C64H49NO. The van der Waals surface area contributed by atoms with Crippen LogP contribution in [-0.4, -0.2) is 10.1 Å². The third-order valence-electron chi connectivity index (χ3n) is 14.4. The van der Waals surface area contributed by atoms with Gasteiger partial charge in [-0.2, -0.15) is 0 Å². The second-order valence-corrected chi connectivity index (χ2v) is 17.8. The number of hydrogen-bond donors (Lipinski definition) is 2. The van der Waals surface area contributed by atoms with E-state index in [1.807, 2.05) is 26.0 Å². The zero-order valence-corrected chi connectivity index (χ0v) is 37.7. The zero-order chi connectivity index (χ0) is 44.6. The minimum absolute atomic E-state index is 0.186. The van der Waals surface area contributed by atoms with Gasteiger partial charge in [0.05, 0.1) is 5.52 Å². The van der Waals surface area contributed by atoms with E-state index < -0.39 is 0 Å². The first-order valence-corrected chi connectivity index (χ1v) is 23.5. The molecule has 14 rings (SSSR count). The maximum atomic E-state index is 9.93. The molecule has 66 heavy (non-hydrogen) atoms. The van der Waals surface area contributed by atoms with Crippen LogP contribution in [0.15, 0.2) is 200 Å². The van der Waals surface area contributed by atoms with Crippen LogP contribution >= 0.6 is 0 Å². The number of fused-ring (bicyclic) bond motifs is 10. The van der Waals surface area contributed by atoms with Crippen molar-refractivity contribution in [3.63, 3.8) is 0 Å². The van der Waals surface area contributed by atoms with E-state index in [1.54, 1.807) is 12.1 Å². The Morgan fingerprint density at radius 1 is 0.333 bits per heavy atom. The number of aromatic hydroxyl groups is 1. The van der Waals surface area contributed by atoms with Crippen LogP contribution < -0.4 is 0 Å². The first-order chi connectivity index (χ1) is 32.5. The fourth-order valence-corrected chi connectivity index (χ4v) is 11.3. The van der Waals surface area contributed by atoms with Crippen molar-refractivity contribution in [1.82, 2.24) is 4.98 Å². The van der Waals surface area contributed by atoms with Crippen molar-refractivity contribution in [3.05, 3.63) is 222 Å². The van der Waals surface area contributed by atoms with Crippen molar-refractivity contribution in [1.29, 1.82) is 0 Å². The molecule has 14 aromatic rings. The smallest absolute Gasteiger partial charge is 0.115 e. The zero-order valence-electron chi connectivity index (χ0n) is 37.7. The molecule has 1 aromatic heterocycles. The molecule has 13 aromatic carbocycles. The third-order valence-corrected chi connectivity index (χ3v) is 14.4. The second kappa shape index (κ2) is 15.6. The summed E-state index contributed by atoms with van der Waals surface area (Å²) >= 11 is 0. The number of hydrogen-bond acceptors (Lipinski definition) is 1. The van der Waals surface area contributed by atoms with Crippen LogP contribution in [0.5, 0.6) is 5.75 Å². The first-order valence-electron chi connectivity index (χ1n) is 23.5. The van der Waals surface area contributed by atoms with Crippen molar-refractivity contribution in [3.8, 4) is 5.75 Å². The fraction of sp³-hybridized carbons (Fsp3) is 0.0938. The Morgan fingerprint density at radius 3 is 1.64 bits per heavy atom. The van der Waals surface area contributed by atoms with Gasteiger partial charge in [0.25, 0.3) is 0 Å². The summed E-state index contributed by atoms with van der Waals surface area (Å²) in [5.74, 6) is 0.747. The van der Waals surface area contributed by atoms with Gasteiger partial charge < -0.3 is 10.1 Å². The average Bonchev–Trinajstić information content (AvgIpc) is 3.78. The number of phenolic OH excluding ortho intramolecular Hbond substituents is 1. The molecule has 2 heteroatoms. The minimum Gasteiger partial charge on any atom is -0.508 e. The van der Waals surface area contributed by atoms with Gasteiger partial charge in [-0.05, 0) is 127 Å².